The van der Waals surface area contributed by atoms with Crippen molar-refractivity contribution in [3.63, 3.8) is 0 Å². The smallest absolute Gasteiger partial charge is 0.227 e. The summed E-state index contributed by atoms with van der Waals surface area (Å²) < 4.78 is 32.4. The van der Waals surface area contributed by atoms with Gasteiger partial charge < -0.3 is 9.30 Å². The number of methoxy groups -OCH3 is 1. The van der Waals surface area contributed by atoms with E-state index in [1.807, 2.05) is 22.8 Å². The fourth-order valence-electron chi connectivity index (χ4n) is 4.12. The maximum absolute atomic E-state index is 12.6. The van der Waals surface area contributed by atoms with Gasteiger partial charge >= 0.3 is 0 Å². The van der Waals surface area contributed by atoms with Gasteiger partial charge in [-0.3, -0.25) is 4.90 Å². The van der Waals surface area contributed by atoms with Gasteiger partial charge in [0.1, 0.15) is 0 Å². The van der Waals surface area contributed by atoms with Gasteiger partial charge in [-0.2, -0.15) is 0 Å². The van der Waals surface area contributed by atoms with Crippen molar-refractivity contribution < 1.29 is 13.2 Å². The van der Waals surface area contributed by atoms with Gasteiger partial charge in [0.05, 0.1) is 24.3 Å². The molecule has 160 valence electrons. The molecule has 0 amide bonds. The summed E-state index contributed by atoms with van der Waals surface area (Å²) in [4.78, 5) is 6.73. The van der Waals surface area contributed by atoms with Crippen molar-refractivity contribution in [3.8, 4) is 0 Å². The molecule has 2 heterocycles. The molecule has 0 bridgehead atoms. The van der Waals surface area contributed by atoms with Crippen LogP contribution in [0.5, 0.6) is 0 Å². The number of hydrogen-bond donors (Lipinski definition) is 0. The van der Waals surface area contributed by atoms with Crippen molar-refractivity contribution in [1.82, 2.24) is 14.5 Å². The van der Waals surface area contributed by atoms with E-state index in [0.717, 1.165) is 51.2 Å². The Balaban J connectivity index is 1.74. The van der Waals surface area contributed by atoms with Crippen LogP contribution in [-0.2, 0) is 34.1 Å². The highest BCUT2D eigenvalue weighted by Crippen LogP contribution is 2.21. The van der Waals surface area contributed by atoms with Crippen molar-refractivity contribution in [2.24, 2.45) is 5.92 Å². The highest BCUT2D eigenvalue weighted by molar-refractivity contribution is 7.91. The number of nitrogens with zero attached hydrogens (tertiary/aromatic N) is 3. The van der Waals surface area contributed by atoms with Crippen LogP contribution in [0.15, 0.2) is 41.7 Å². The molecule has 1 aromatic heterocycles. The van der Waals surface area contributed by atoms with Crippen LogP contribution in [0.1, 0.15) is 37.4 Å². The van der Waals surface area contributed by atoms with E-state index in [4.69, 9.17) is 4.74 Å². The minimum absolute atomic E-state index is 0.0712. The lowest BCUT2D eigenvalue weighted by Crippen LogP contribution is -2.37. The zero-order chi connectivity index (χ0) is 20.7. The summed E-state index contributed by atoms with van der Waals surface area (Å²) in [6.45, 7) is 5.87. The predicted molar refractivity (Wildman–Crippen MR) is 115 cm³/mol. The Bertz CT molecular complexity index is 863. The third kappa shape index (κ3) is 5.90. The van der Waals surface area contributed by atoms with Crippen molar-refractivity contribution in [1.29, 1.82) is 0 Å². The Hall–Kier alpha value is -1.70. The van der Waals surface area contributed by atoms with E-state index in [1.165, 1.54) is 12.0 Å². The Morgan fingerprint density at radius 2 is 2.03 bits per heavy atom. The highest BCUT2D eigenvalue weighted by Gasteiger charge is 2.25. The number of hydrogen-bond acceptors (Lipinski definition) is 5. The largest absolute Gasteiger partial charge is 0.384 e. The van der Waals surface area contributed by atoms with E-state index in [0.29, 0.717) is 12.5 Å². The van der Waals surface area contributed by atoms with Crippen molar-refractivity contribution in [3.05, 3.63) is 47.8 Å². The first-order valence-electron chi connectivity index (χ1n) is 10.6. The average molecular weight is 420 g/mol. The molecule has 1 fully saturated rings. The van der Waals surface area contributed by atoms with Gasteiger partial charge in [0, 0.05) is 26.7 Å². The standard InChI is InChI=1S/C22H33N3O3S/c1-3-29(26,27)22-23-15-21(17-24-13-7-12-20(16-24)18-28-2)25(22)14-8-11-19-9-5-4-6-10-19/h4-6,9-10,15,20H,3,7-8,11-14,16-18H2,1-2H3/t20-/m1/s1. The third-order valence-corrected chi connectivity index (χ3v) is 7.28. The number of benzene rings is 1. The molecule has 0 radical (unpaired) electrons. The van der Waals surface area contributed by atoms with Gasteiger partial charge in [-0.05, 0) is 43.7 Å². The van der Waals surface area contributed by atoms with Crippen LogP contribution in [0.25, 0.3) is 0 Å². The normalized spacial score (nSPS) is 18.2. The number of imidazole rings is 1. The Morgan fingerprint density at radius 3 is 2.76 bits per heavy atom. The number of sulfone groups is 1. The molecule has 2 aromatic rings. The SMILES string of the molecule is CCS(=O)(=O)c1ncc(CN2CCC[C@@H](COC)C2)n1CCCc1ccccc1. The van der Waals surface area contributed by atoms with Crippen LogP contribution in [0, 0.1) is 5.92 Å². The van der Waals surface area contributed by atoms with E-state index in [9.17, 15) is 8.42 Å². The molecule has 0 spiro atoms. The Labute approximate surface area is 174 Å². The topological polar surface area (TPSA) is 64.4 Å². The minimum atomic E-state index is -3.35. The molecule has 6 nitrogen and oxygen atoms in total. The van der Waals surface area contributed by atoms with E-state index in [-0.39, 0.29) is 10.9 Å². The molecule has 1 aromatic carbocycles. The molecule has 3 rings (SSSR count). The first kappa shape index (κ1) is 22.0. The maximum atomic E-state index is 12.6. The number of aromatic nitrogens is 2. The summed E-state index contributed by atoms with van der Waals surface area (Å²) in [5.41, 5.74) is 2.26. The van der Waals surface area contributed by atoms with Gasteiger partial charge in [0.15, 0.2) is 0 Å². The van der Waals surface area contributed by atoms with Gasteiger partial charge in [0.2, 0.25) is 15.0 Å². The number of rotatable bonds is 10. The zero-order valence-corrected chi connectivity index (χ0v) is 18.4. The van der Waals surface area contributed by atoms with Crippen LogP contribution in [-0.4, -0.2) is 55.4 Å². The molecule has 7 heteroatoms. The lowest BCUT2D eigenvalue weighted by molar-refractivity contribution is 0.0861. The zero-order valence-electron chi connectivity index (χ0n) is 17.6. The average Bonchev–Trinajstić information content (AvgIpc) is 3.13. The Morgan fingerprint density at radius 1 is 1.24 bits per heavy atom. The first-order valence-corrected chi connectivity index (χ1v) is 12.2. The lowest BCUT2D eigenvalue weighted by atomic mass is 9.99. The van der Waals surface area contributed by atoms with E-state index >= 15 is 0 Å². The van der Waals surface area contributed by atoms with Crippen LogP contribution >= 0.6 is 0 Å². The fourth-order valence-corrected chi connectivity index (χ4v) is 5.13. The van der Waals surface area contributed by atoms with E-state index in [1.54, 1.807) is 20.2 Å². The summed E-state index contributed by atoms with van der Waals surface area (Å²) in [5.74, 6) is 0.615. The minimum Gasteiger partial charge on any atom is -0.384 e. The monoisotopic (exact) mass is 419 g/mol. The molecular weight excluding hydrogens is 386 g/mol. The molecular formula is C22H33N3O3S. The molecule has 0 unspecified atom stereocenters. The molecule has 0 aliphatic carbocycles. The summed E-state index contributed by atoms with van der Waals surface area (Å²) in [6, 6.07) is 10.3. The quantitative estimate of drug-likeness (QED) is 0.592. The summed E-state index contributed by atoms with van der Waals surface area (Å²) in [7, 11) is -1.60. The first-order chi connectivity index (χ1) is 14.0. The second-order valence-corrected chi connectivity index (χ2v) is 10.0. The number of aryl methyl sites for hydroxylation is 1. The molecule has 1 aliphatic heterocycles. The van der Waals surface area contributed by atoms with E-state index in [2.05, 4.69) is 22.0 Å². The molecule has 0 saturated carbocycles. The second-order valence-electron chi connectivity index (χ2n) is 7.88. The molecule has 1 aliphatic rings. The van der Waals surface area contributed by atoms with Crippen LogP contribution < -0.4 is 0 Å². The predicted octanol–water partition coefficient (Wildman–Crippen LogP) is 3.17. The molecule has 1 saturated heterocycles. The van der Waals surface area contributed by atoms with Gasteiger partial charge in [-0.25, -0.2) is 13.4 Å². The maximum Gasteiger partial charge on any atom is 0.227 e. The highest BCUT2D eigenvalue weighted by atomic mass is 32.2. The van der Waals surface area contributed by atoms with Crippen LogP contribution in [0.2, 0.25) is 0 Å². The van der Waals surface area contributed by atoms with E-state index < -0.39 is 9.84 Å². The molecule has 1 atom stereocenters. The van der Waals surface area contributed by atoms with Gasteiger partial charge in [-0.1, -0.05) is 37.3 Å². The molecule has 0 N–H and O–H groups in total. The number of likely N-dealkylation sites (tertiary alicyclic amines) is 1. The number of piperidine rings is 1. The van der Waals surface area contributed by atoms with Crippen LogP contribution in [0.3, 0.4) is 0 Å². The second kappa shape index (κ2) is 10.4. The third-order valence-electron chi connectivity index (χ3n) is 5.64. The van der Waals surface area contributed by atoms with Crippen LogP contribution in [0.4, 0.5) is 0 Å². The van der Waals surface area contributed by atoms with Crippen molar-refractivity contribution in [2.45, 2.75) is 50.9 Å². The fraction of sp³-hybridized carbons (Fsp3) is 0.591. The number of ether oxygens (including phenoxy) is 1. The van der Waals surface area contributed by atoms with Crippen molar-refractivity contribution in [2.75, 3.05) is 32.6 Å². The van der Waals surface area contributed by atoms with Gasteiger partial charge in [-0.15, -0.1) is 0 Å². The summed E-state index contributed by atoms with van der Waals surface area (Å²) in [6.07, 6.45) is 5.90. The summed E-state index contributed by atoms with van der Waals surface area (Å²) in [5, 5.41) is 0.216. The van der Waals surface area contributed by atoms with Crippen molar-refractivity contribution >= 4 is 9.84 Å². The summed E-state index contributed by atoms with van der Waals surface area (Å²) >= 11 is 0. The van der Waals surface area contributed by atoms with Gasteiger partial charge in [0.25, 0.3) is 0 Å². The Kier molecular flexibility index (Phi) is 7.86. The molecule has 29 heavy (non-hydrogen) atoms. The lowest BCUT2D eigenvalue weighted by Gasteiger charge is -2.32.